The van der Waals surface area contributed by atoms with Crippen molar-refractivity contribution in [1.29, 1.82) is 5.41 Å². The summed E-state index contributed by atoms with van der Waals surface area (Å²) in [6, 6.07) is 0.0524. The predicted octanol–water partition coefficient (Wildman–Crippen LogP) is -5.74. The number of aromatic hydroxyl groups is 1. The summed E-state index contributed by atoms with van der Waals surface area (Å²) in [6.07, 6.45) is -1.21. The van der Waals surface area contributed by atoms with E-state index in [2.05, 4.69) is 74.1 Å². The molecule has 3 heterocycles. The largest absolute Gasteiger partial charge is 0.508 e. The fourth-order valence-corrected chi connectivity index (χ4v) is 13.7. The molecule has 0 radical (unpaired) electrons. The molecule has 0 bridgehead atoms. The van der Waals surface area contributed by atoms with Gasteiger partial charge in [-0.15, -0.1) is 0 Å². The van der Waals surface area contributed by atoms with Gasteiger partial charge in [0.15, 0.2) is 5.96 Å². The summed E-state index contributed by atoms with van der Waals surface area (Å²) in [5.74, 6) is -18.1. The zero-order valence-electron chi connectivity index (χ0n) is 69.1. The number of aliphatic hydroxyl groups excluding tert-OH is 2. The van der Waals surface area contributed by atoms with Crippen LogP contribution in [0.3, 0.4) is 0 Å². The van der Waals surface area contributed by atoms with Gasteiger partial charge in [0.1, 0.15) is 90.3 Å². The van der Waals surface area contributed by atoms with E-state index in [0.29, 0.717) is 23.1 Å². The van der Waals surface area contributed by atoms with Crippen molar-refractivity contribution in [3.05, 3.63) is 102 Å². The van der Waals surface area contributed by atoms with E-state index in [-0.39, 0.29) is 101 Å². The molecular formula is C80H115N21O21. The second-order valence-electron chi connectivity index (χ2n) is 30.8. The average Bonchev–Trinajstić information content (AvgIpc) is 1.63. The third-order valence-electron chi connectivity index (χ3n) is 20.7. The number of phenolic OH excluding ortho intramolecular Hbond substituents is 1. The Bertz CT molecular complexity index is 4400. The number of nitrogens with two attached hydrogens (primary N) is 4. The number of phenols is 1. The summed E-state index contributed by atoms with van der Waals surface area (Å²) in [5, 5.41) is 81.7. The van der Waals surface area contributed by atoms with Gasteiger partial charge in [0.2, 0.25) is 94.5 Å². The number of H-pyrrole nitrogens is 1. The minimum Gasteiger partial charge on any atom is -0.508 e. The number of para-hydroxylation sites is 1. The van der Waals surface area contributed by atoms with Crippen molar-refractivity contribution in [2.75, 3.05) is 32.8 Å². The van der Waals surface area contributed by atoms with Gasteiger partial charge in [0, 0.05) is 56.0 Å². The number of likely N-dealkylation sites (tertiary alicyclic amines) is 2. The van der Waals surface area contributed by atoms with Gasteiger partial charge in [0.05, 0.1) is 32.1 Å². The van der Waals surface area contributed by atoms with Crippen molar-refractivity contribution >= 4 is 117 Å². The van der Waals surface area contributed by atoms with Gasteiger partial charge >= 0.3 is 5.97 Å². The molecular weight excluding hydrogens is 1590 g/mol. The Morgan fingerprint density at radius 2 is 1.01 bits per heavy atom. The first-order valence-electron chi connectivity index (χ1n) is 40.2. The number of aromatic amines is 1. The SMILES string of the molecule is CC[C@H](C)[C@H](NC(=O)[C@@H]1CCCN1C(=O)CNC(=O)[C@H](CC(N)=O)NC(=O)[C@@H]1CCCN1C(=O)[C@H](CO)NC(=O)[C@H](Cc1ccccc1)NC(=O)[C@H](CC(C)C)NC(=O)[C@H](Cc1ccc(O)cc1)NC(=O)[C@H](CC(N)=O)NC(=O)[C@@H](N)[C@@H](C)O)C(=O)N[C@@H](C)C(=O)N[C@@H](CCCNC(=N)N)C(=O)N[C@@H](C)C(=O)N[C@@H](Cc1c[nH]c2ccccc12)C(=O)O. The quantitative estimate of drug-likeness (QED) is 0.0111. The van der Waals surface area contributed by atoms with Crippen LogP contribution >= 0.6 is 0 Å². The average molecular weight is 1710 g/mol. The first-order chi connectivity index (χ1) is 57.7. The highest BCUT2D eigenvalue weighted by Crippen LogP contribution is 2.24. The Morgan fingerprint density at radius 3 is 1.57 bits per heavy atom. The van der Waals surface area contributed by atoms with Crippen molar-refractivity contribution in [2.24, 2.45) is 34.8 Å². The Kier molecular flexibility index (Phi) is 37.9. The molecule has 0 aliphatic carbocycles. The fourth-order valence-electron chi connectivity index (χ4n) is 13.7. The van der Waals surface area contributed by atoms with Crippen LogP contribution < -0.4 is 92.1 Å². The van der Waals surface area contributed by atoms with E-state index < -0.39 is 223 Å². The number of aliphatic hydroxyl groups is 2. The molecule has 2 fully saturated rings. The predicted molar refractivity (Wildman–Crippen MR) is 439 cm³/mol. The van der Waals surface area contributed by atoms with Crippen LogP contribution in [0.15, 0.2) is 85.1 Å². The molecule has 16 amide bonds. The van der Waals surface area contributed by atoms with Crippen molar-refractivity contribution in [2.45, 2.75) is 223 Å². The molecule has 0 spiro atoms. The van der Waals surface area contributed by atoms with Gasteiger partial charge in [-0.25, -0.2) is 4.79 Å². The number of nitrogens with zero attached hydrogens (tertiary/aromatic N) is 2. The normalized spacial score (nSPS) is 17.1. The molecule has 16 atom stereocenters. The van der Waals surface area contributed by atoms with Gasteiger partial charge in [-0.2, -0.15) is 0 Å². The van der Waals surface area contributed by atoms with Gasteiger partial charge in [-0.3, -0.25) is 82.1 Å². The highest BCUT2D eigenvalue weighted by molar-refractivity contribution is 6.02. The van der Waals surface area contributed by atoms with Gasteiger partial charge in [-0.1, -0.05) is 94.8 Å². The molecule has 122 heavy (non-hydrogen) atoms. The third-order valence-corrected chi connectivity index (χ3v) is 20.7. The molecule has 2 aliphatic rings. The number of carboxylic acid groups (broad SMARTS) is 1. The number of aliphatic carboxylic acids is 1. The Labute approximate surface area is 703 Å². The second-order valence-corrected chi connectivity index (χ2v) is 30.8. The smallest absolute Gasteiger partial charge is 0.326 e. The molecule has 0 unspecified atom stereocenters. The topological polar surface area (TPSA) is 678 Å². The van der Waals surface area contributed by atoms with Gasteiger partial charge in [0.25, 0.3) is 0 Å². The number of carboxylic acids is 1. The maximum atomic E-state index is 14.6. The number of hydrogen-bond acceptors (Lipinski definition) is 22. The third kappa shape index (κ3) is 29.8. The Hall–Kier alpha value is -12.9. The van der Waals surface area contributed by atoms with Crippen molar-refractivity contribution in [1.82, 2.24) is 83.9 Å². The van der Waals surface area contributed by atoms with Gasteiger partial charge in [-0.05, 0) is 112 Å². The van der Waals surface area contributed by atoms with Crippen LogP contribution in [0.1, 0.15) is 129 Å². The first-order valence-corrected chi connectivity index (χ1v) is 40.2. The molecule has 4 aromatic rings. The number of carbonyl (C=O) groups excluding carboxylic acids is 16. The fraction of sp³-hybridized carbons (Fsp3) is 0.525. The van der Waals surface area contributed by atoms with E-state index in [1.165, 1.54) is 45.0 Å². The number of rotatable bonds is 47. The van der Waals surface area contributed by atoms with Crippen LogP contribution in [0, 0.1) is 17.2 Å². The molecule has 6 rings (SSSR count). The molecule has 2 saturated heterocycles. The van der Waals surface area contributed by atoms with E-state index in [1.807, 2.05) is 0 Å². The molecule has 0 saturated carbocycles. The van der Waals surface area contributed by atoms with Crippen LogP contribution in [0.25, 0.3) is 10.9 Å². The summed E-state index contributed by atoms with van der Waals surface area (Å²) in [7, 11) is 0. The summed E-state index contributed by atoms with van der Waals surface area (Å²) in [5.41, 5.74) is 24.4. The second kappa shape index (κ2) is 47.2. The lowest BCUT2D eigenvalue weighted by molar-refractivity contribution is -0.143. The zero-order chi connectivity index (χ0) is 90.4. The van der Waals surface area contributed by atoms with E-state index in [9.17, 15) is 102 Å². The van der Waals surface area contributed by atoms with E-state index in [0.717, 1.165) is 20.7 Å². The van der Waals surface area contributed by atoms with Crippen LogP contribution in [-0.2, 0) is 101 Å². The van der Waals surface area contributed by atoms with Crippen LogP contribution in [0.4, 0.5) is 0 Å². The monoisotopic (exact) mass is 1710 g/mol. The Balaban J connectivity index is 1.08. The maximum absolute atomic E-state index is 14.6. The van der Waals surface area contributed by atoms with Crippen LogP contribution in [0.2, 0.25) is 0 Å². The summed E-state index contributed by atoms with van der Waals surface area (Å²) in [6.45, 7) is 8.74. The van der Waals surface area contributed by atoms with Crippen LogP contribution in [0.5, 0.6) is 5.75 Å². The molecule has 3 aromatic carbocycles. The number of fused-ring (bicyclic) bond motifs is 1. The van der Waals surface area contributed by atoms with E-state index >= 15 is 0 Å². The number of amides is 16. The maximum Gasteiger partial charge on any atom is 0.326 e. The Morgan fingerprint density at radius 1 is 0.525 bits per heavy atom. The number of aromatic nitrogens is 1. The minimum atomic E-state index is -1.80. The number of carbonyl (C=O) groups is 17. The lowest BCUT2D eigenvalue weighted by Crippen LogP contribution is -2.61. The molecule has 42 nitrogen and oxygen atoms in total. The number of benzene rings is 3. The summed E-state index contributed by atoms with van der Waals surface area (Å²) < 4.78 is 0. The lowest BCUT2D eigenvalue weighted by Gasteiger charge is -2.30. The number of hydrogen-bond donors (Lipinski definition) is 23. The summed E-state index contributed by atoms with van der Waals surface area (Å²) in [4.78, 5) is 239. The molecule has 1 aromatic heterocycles. The number of primary amides is 2. The molecule has 666 valence electrons. The zero-order valence-corrected chi connectivity index (χ0v) is 69.1. The number of nitrogens with one attached hydrogen (secondary N) is 15. The minimum absolute atomic E-state index is 0.000485. The van der Waals surface area contributed by atoms with Crippen molar-refractivity contribution in [3.8, 4) is 5.75 Å². The van der Waals surface area contributed by atoms with E-state index in [4.69, 9.17) is 28.3 Å². The van der Waals surface area contributed by atoms with Crippen molar-refractivity contribution in [3.63, 3.8) is 0 Å². The molecule has 42 heteroatoms. The standard InChI is InChI=1S/C80H115N21O21/c1-8-41(4)65(77(119)90-43(6)66(108)91-51(21-14-28-86-80(84)85)69(111)89-42(5)67(109)97-57(79(121)122)34-47-37-87-50-20-13-12-19-49(47)50)99-75(117)59-22-15-29-100(59)63(107)38-88-68(110)55(35-61(81)105)95-74(116)60-23-16-30-101(60)78(120)58(39-102)98-72(114)53(32-45-17-10-9-11-18-45)93-70(112)52(31-40(2)3)92-71(113)54(33-46-24-26-48(104)27-25-46)94-73(115)56(36-62(82)106)96-76(118)64(83)44(7)103/h9-13,17-20,24-27,37,40-44,51-60,64-65,87,102-104H,8,14-16,21-23,28-36,38-39,83H2,1-7H3,(H2,81,105)(H2,82,106)(H,88,110)(H,89,111)(H,90,119)(H,91,108)(H,92,113)(H,93,112)(H,94,115)(H,95,116)(H,96,118)(H,97,109)(H,98,114)(H,99,117)(H,121,122)(H4,84,85,86)/t41-,42-,43-,44+,51-,52-,53-,54-,55-,56-,57-,58-,59-,60-,64-,65-/m0/s1. The number of guanidine groups is 1. The van der Waals surface area contributed by atoms with E-state index in [1.54, 1.807) is 88.5 Å². The first kappa shape index (κ1) is 98.0. The highest BCUT2D eigenvalue weighted by Gasteiger charge is 2.43. The van der Waals surface area contributed by atoms with Gasteiger partial charge < -0.3 is 127 Å². The highest BCUT2D eigenvalue weighted by atomic mass is 16.4. The molecule has 27 N–H and O–H groups in total. The summed E-state index contributed by atoms with van der Waals surface area (Å²) >= 11 is 0. The molecule has 2 aliphatic heterocycles. The lowest BCUT2D eigenvalue weighted by atomic mass is 9.97. The van der Waals surface area contributed by atoms with Crippen molar-refractivity contribution < 1.29 is 102 Å². The van der Waals surface area contributed by atoms with Crippen LogP contribution in [-0.4, -0.2) is 265 Å².